The number of likely N-dealkylation sites (N-methyl/N-ethyl adjacent to an activating group) is 1. The van der Waals surface area contributed by atoms with E-state index in [1.807, 2.05) is 36.2 Å². The number of hydrogen-bond donors (Lipinski definition) is 1. The molecule has 1 aromatic carbocycles. The molecule has 26 heavy (non-hydrogen) atoms. The quantitative estimate of drug-likeness (QED) is 0.837. The number of halogens is 2. The van der Waals surface area contributed by atoms with Crippen LogP contribution >= 0.6 is 0 Å². The number of nitriles is 3. The van der Waals surface area contributed by atoms with Crippen molar-refractivity contribution in [3.63, 3.8) is 0 Å². The number of fused-ring (bicyclic) bond motifs is 1. The largest absolute Gasteiger partial charge is 0.399 e. The van der Waals surface area contributed by atoms with Gasteiger partial charge in [0, 0.05) is 31.0 Å². The van der Waals surface area contributed by atoms with E-state index in [2.05, 4.69) is 0 Å². The first-order valence-electron chi connectivity index (χ1n) is 7.95. The Labute approximate surface area is 149 Å². The maximum absolute atomic E-state index is 13.9. The highest BCUT2D eigenvalue weighted by molar-refractivity contribution is 5.59. The molecule has 2 N–H and O–H groups in total. The third kappa shape index (κ3) is 2.44. The third-order valence-corrected chi connectivity index (χ3v) is 5.09. The van der Waals surface area contributed by atoms with Crippen LogP contribution in [0, 0.1) is 57.0 Å². The molecule has 2 atom stereocenters. The van der Waals surface area contributed by atoms with Crippen molar-refractivity contribution in [1.29, 1.82) is 15.8 Å². The molecule has 0 saturated heterocycles. The van der Waals surface area contributed by atoms with Crippen molar-refractivity contribution in [2.24, 2.45) is 17.1 Å². The summed E-state index contributed by atoms with van der Waals surface area (Å²) in [5.74, 6) is -2.95. The van der Waals surface area contributed by atoms with Crippen LogP contribution in [0.2, 0.25) is 0 Å². The summed E-state index contributed by atoms with van der Waals surface area (Å²) in [6.07, 6.45) is 1.82. The van der Waals surface area contributed by atoms with E-state index in [-0.39, 0.29) is 16.8 Å². The lowest BCUT2D eigenvalue weighted by molar-refractivity contribution is 0.237. The summed E-state index contributed by atoms with van der Waals surface area (Å²) in [5, 5.41) is 29.2. The summed E-state index contributed by atoms with van der Waals surface area (Å²) in [6, 6.07) is 8.84. The molecule has 1 aliphatic heterocycles. The molecule has 2 unspecified atom stereocenters. The highest BCUT2D eigenvalue weighted by Gasteiger charge is 2.54. The van der Waals surface area contributed by atoms with Crippen LogP contribution in [0.1, 0.15) is 11.5 Å². The third-order valence-electron chi connectivity index (χ3n) is 5.09. The Morgan fingerprint density at radius 1 is 1.15 bits per heavy atom. The zero-order valence-electron chi connectivity index (χ0n) is 14.0. The van der Waals surface area contributed by atoms with Crippen LogP contribution in [-0.4, -0.2) is 25.0 Å². The van der Waals surface area contributed by atoms with Crippen LogP contribution in [-0.2, 0) is 0 Å². The van der Waals surface area contributed by atoms with Crippen molar-refractivity contribution in [2.75, 3.05) is 20.1 Å². The van der Waals surface area contributed by atoms with Crippen LogP contribution in [0.3, 0.4) is 0 Å². The lowest BCUT2D eigenvalue weighted by Crippen LogP contribution is -2.47. The molecular formula is C19H15F2N5. The van der Waals surface area contributed by atoms with Crippen molar-refractivity contribution in [3.05, 3.63) is 58.3 Å². The summed E-state index contributed by atoms with van der Waals surface area (Å²) in [6.45, 7) is 0.999. The standard InChI is InChI=1S/C19H15F2N5/c1-26-3-2-14-15(7-22)18(25)19(9-23,10-24)17(16(14)8-26)11-4-12(20)6-13(21)5-11/h2,4-6,16-17H,3,8,25H2,1H3. The molecule has 1 aliphatic carbocycles. The van der Waals surface area contributed by atoms with Gasteiger partial charge < -0.3 is 10.6 Å². The molecule has 0 amide bonds. The smallest absolute Gasteiger partial charge is 0.191 e. The van der Waals surface area contributed by atoms with Gasteiger partial charge in [-0.15, -0.1) is 0 Å². The molecule has 0 radical (unpaired) electrons. The van der Waals surface area contributed by atoms with E-state index in [1.165, 1.54) is 0 Å². The SMILES string of the molecule is CN1CC=C2C(C#N)=C(N)C(C#N)(C#N)C(c3cc(F)cc(F)c3)C2C1. The predicted molar refractivity (Wildman–Crippen MR) is 88.7 cm³/mol. The van der Waals surface area contributed by atoms with E-state index >= 15 is 0 Å². The van der Waals surface area contributed by atoms with Gasteiger partial charge in [0.1, 0.15) is 17.7 Å². The van der Waals surface area contributed by atoms with Gasteiger partial charge >= 0.3 is 0 Å². The lowest BCUT2D eigenvalue weighted by Gasteiger charge is -2.45. The zero-order valence-corrected chi connectivity index (χ0v) is 14.0. The fourth-order valence-corrected chi connectivity index (χ4v) is 3.95. The second-order valence-electron chi connectivity index (χ2n) is 6.60. The van der Waals surface area contributed by atoms with Crippen molar-refractivity contribution in [3.8, 4) is 18.2 Å². The van der Waals surface area contributed by atoms with Crippen molar-refractivity contribution < 1.29 is 8.78 Å². The molecule has 7 heteroatoms. The number of nitrogens with two attached hydrogens (primary N) is 1. The van der Waals surface area contributed by atoms with Gasteiger partial charge in [0.15, 0.2) is 5.41 Å². The lowest BCUT2D eigenvalue weighted by atomic mass is 9.58. The molecule has 1 aromatic rings. The van der Waals surface area contributed by atoms with Crippen LogP contribution in [0.4, 0.5) is 8.78 Å². The molecule has 130 valence electrons. The number of rotatable bonds is 1. The number of benzene rings is 1. The van der Waals surface area contributed by atoms with E-state index < -0.39 is 28.9 Å². The number of nitrogens with zero attached hydrogens (tertiary/aromatic N) is 4. The maximum atomic E-state index is 13.9. The topological polar surface area (TPSA) is 101 Å². The Bertz CT molecular complexity index is 923. The van der Waals surface area contributed by atoms with Gasteiger partial charge in [0.05, 0.1) is 23.4 Å². The Balaban J connectivity index is 2.36. The van der Waals surface area contributed by atoms with Crippen molar-refractivity contribution >= 4 is 0 Å². The average molecular weight is 351 g/mol. The molecule has 3 rings (SSSR count). The minimum atomic E-state index is -1.88. The Morgan fingerprint density at radius 2 is 1.77 bits per heavy atom. The highest BCUT2D eigenvalue weighted by atomic mass is 19.1. The number of allylic oxidation sites excluding steroid dienone is 2. The van der Waals surface area contributed by atoms with E-state index in [1.54, 1.807) is 0 Å². The first-order valence-corrected chi connectivity index (χ1v) is 7.95. The molecule has 0 saturated carbocycles. The second-order valence-corrected chi connectivity index (χ2v) is 6.60. The summed E-state index contributed by atoms with van der Waals surface area (Å²) >= 11 is 0. The predicted octanol–water partition coefficient (Wildman–Crippen LogP) is 2.32. The monoisotopic (exact) mass is 351 g/mol. The van der Waals surface area contributed by atoms with Gasteiger partial charge in [0.2, 0.25) is 0 Å². The first kappa shape index (κ1) is 17.6. The molecule has 0 fully saturated rings. The average Bonchev–Trinajstić information content (AvgIpc) is 2.60. The van der Waals surface area contributed by atoms with Gasteiger partial charge in [-0.05, 0) is 30.3 Å². The Hall–Kier alpha value is -3.21. The van der Waals surface area contributed by atoms with Gasteiger partial charge in [-0.25, -0.2) is 8.78 Å². The molecule has 1 heterocycles. The van der Waals surface area contributed by atoms with E-state index in [4.69, 9.17) is 5.73 Å². The Kier molecular flexibility index (Phi) is 4.24. The molecular weight excluding hydrogens is 336 g/mol. The van der Waals surface area contributed by atoms with Gasteiger partial charge in [0.25, 0.3) is 0 Å². The highest BCUT2D eigenvalue weighted by Crippen LogP contribution is 2.54. The first-order chi connectivity index (χ1) is 12.4. The normalized spacial score (nSPS) is 24.7. The fourth-order valence-electron chi connectivity index (χ4n) is 3.95. The van der Waals surface area contributed by atoms with Gasteiger partial charge in [-0.3, -0.25) is 0 Å². The van der Waals surface area contributed by atoms with Crippen LogP contribution in [0.15, 0.2) is 41.1 Å². The molecule has 2 aliphatic rings. The van der Waals surface area contributed by atoms with E-state index in [0.29, 0.717) is 18.7 Å². The zero-order chi connectivity index (χ0) is 19.1. The summed E-state index contributed by atoms with van der Waals surface area (Å²) in [5.41, 5.74) is 4.97. The summed E-state index contributed by atoms with van der Waals surface area (Å²) in [7, 11) is 1.85. The summed E-state index contributed by atoms with van der Waals surface area (Å²) in [4.78, 5) is 1.95. The molecule has 5 nitrogen and oxygen atoms in total. The maximum Gasteiger partial charge on any atom is 0.191 e. The molecule has 0 spiro atoms. The van der Waals surface area contributed by atoms with Crippen LogP contribution < -0.4 is 5.73 Å². The van der Waals surface area contributed by atoms with Crippen molar-refractivity contribution in [2.45, 2.75) is 5.92 Å². The van der Waals surface area contributed by atoms with Crippen LogP contribution in [0.25, 0.3) is 0 Å². The molecule has 0 aromatic heterocycles. The van der Waals surface area contributed by atoms with Gasteiger partial charge in [-0.2, -0.15) is 15.8 Å². The van der Waals surface area contributed by atoms with E-state index in [0.717, 1.165) is 18.2 Å². The minimum Gasteiger partial charge on any atom is -0.399 e. The van der Waals surface area contributed by atoms with Crippen molar-refractivity contribution in [1.82, 2.24) is 4.90 Å². The Morgan fingerprint density at radius 3 is 2.31 bits per heavy atom. The minimum absolute atomic E-state index is 0.110. The van der Waals surface area contributed by atoms with E-state index in [9.17, 15) is 24.6 Å². The second kappa shape index (κ2) is 6.26. The number of hydrogen-bond acceptors (Lipinski definition) is 5. The fraction of sp³-hybridized carbons (Fsp3) is 0.316. The summed E-state index contributed by atoms with van der Waals surface area (Å²) < 4.78 is 27.7. The van der Waals surface area contributed by atoms with Gasteiger partial charge in [-0.1, -0.05) is 6.08 Å². The van der Waals surface area contributed by atoms with Crippen LogP contribution in [0.5, 0.6) is 0 Å². The molecule has 0 bridgehead atoms.